The van der Waals surface area contributed by atoms with E-state index >= 15 is 0 Å². The number of non-ortho nitro benzene ring substituents is 2. The van der Waals surface area contributed by atoms with Gasteiger partial charge in [-0.1, -0.05) is 107 Å². The van der Waals surface area contributed by atoms with Gasteiger partial charge in [-0.3, -0.25) is 20.2 Å². The van der Waals surface area contributed by atoms with E-state index in [1.165, 1.54) is 113 Å². The number of hydrogen-bond donors (Lipinski definition) is 2. The Kier molecular flexibility index (Phi) is 16.6. The van der Waals surface area contributed by atoms with Crippen LogP contribution in [0.25, 0.3) is 5.57 Å². The van der Waals surface area contributed by atoms with Crippen molar-refractivity contribution in [2.24, 2.45) is 58.2 Å². The molecule has 0 spiro atoms. The summed E-state index contributed by atoms with van der Waals surface area (Å²) in [6.45, 7) is 12.1. The van der Waals surface area contributed by atoms with Crippen molar-refractivity contribution >= 4 is 52.1 Å². The quantitative estimate of drug-likeness (QED) is 0.0639. The number of benzene rings is 4. The molecule has 73 heavy (non-hydrogen) atoms. The SMILES string of the molecule is CC(C)CCC[C@@H](C)[C@H]1CC[C@H]2[C@@H]3CCC4C[C@@H](CCC=C(c5cc(Cl)c(OCc6cccc([N+](=O)[O-])c6)c(C(=O)O)c5)c5cc(Cl)c(OCc6cccc([N+](=O)[O-])c6)c(C(=O)O)c5)CC[C@]4(C)[C@H]3CC[C@]12C. The lowest BCUT2D eigenvalue weighted by atomic mass is 9.44. The maximum Gasteiger partial charge on any atom is 0.339 e. The van der Waals surface area contributed by atoms with Gasteiger partial charge in [0.1, 0.15) is 24.3 Å². The molecule has 12 nitrogen and oxygen atoms in total. The van der Waals surface area contributed by atoms with Crippen LogP contribution in [0.15, 0.2) is 78.9 Å². The third-order valence-corrected chi connectivity index (χ3v) is 18.6. The van der Waals surface area contributed by atoms with Gasteiger partial charge in [-0.15, -0.1) is 0 Å². The molecule has 14 heteroatoms. The average molecular weight is 1040 g/mol. The molecule has 4 saturated carbocycles. The first-order chi connectivity index (χ1) is 34.8. The molecule has 0 amide bonds. The zero-order valence-corrected chi connectivity index (χ0v) is 44.3. The van der Waals surface area contributed by atoms with Crippen LogP contribution in [-0.4, -0.2) is 32.0 Å². The van der Waals surface area contributed by atoms with Crippen molar-refractivity contribution in [3.8, 4) is 11.5 Å². The Morgan fingerprint density at radius 1 is 0.726 bits per heavy atom. The maximum atomic E-state index is 12.9. The van der Waals surface area contributed by atoms with Crippen LogP contribution in [-0.2, 0) is 13.2 Å². The Hall–Kier alpha value is -5.46. The Morgan fingerprint density at radius 2 is 1.27 bits per heavy atom. The normalized spacial score (nSPS) is 25.7. The number of carboxylic acids is 2. The van der Waals surface area contributed by atoms with E-state index in [-0.39, 0.29) is 57.3 Å². The van der Waals surface area contributed by atoms with Crippen molar-refractivity contribution in [3.05, 3.63) is 143 Å². The second kappa shape index (κ2) is 22.6. The van der Waals surface area contributed by atoms with Crippen LogP contribution in [0.5, 0.6) is 11.5 Å². The Labute approximate surface area is 439 Å². The number of nitro groups is 2. The van der Waals surface area contributed by atoms with Crippen LogP contribution >= 0.6 is 23.2 Å². The van der Waals surface area contributed by atoms with E-state index in [1.807, 2.05) is 6.08 Å². The predicted octanol–water partition coefficient (Wildman–Crippen LogP) is 16.3. The zero-order valence-electron chi connectivity index (χ0n) is 42.7. The minimum Gasteiger partial charge on any atom is -0.486 e. The first-order valence-corrected chi connectivity index (χ1v) is 27.1. The fourth-order valence-electron chi connectivity index (χ4n) is 14.4. The van der Waals surface area contributed by atoms with E-state index in [0.717, 1.165) is 54.8 Å². The smallest absolute Gasteiger partial charge is 0.339 e. The molecule has 390 valence electrons. The minimum absolute atomic E-state index is 0.0258. The van der Waals surface area contributed by atoms with Crippen LogP contribution in [0.4, 0.5) is 11.4 Å². The van der Waals surface area contributed by atoms with Crippen molar-refractivity contribution < 1.29 is 39.1 Å². The molecule has 0 heterocycles. The van der Waals surface area contributed by atoms with Gasteiger partial charge >= 0.3 is 11.9 Å². The number of carbonyl (C=O) groups is 2. The monoisotopic (exact) mass is 1040 g/mol. The van der Waals surface area contributed by atoms with Crippen molar-refractivity contribution in [1.29, 1.82) is 0 Å². The molecule has 0 radical (unpaired) electrons. The topological polar surface area (TPSA) is 179 Å². The number of carboxylic acid groups (broad SMARTS) is 2. The number of ether oxygens (including phenoxy) is 2. The Bertz CT molecular complexity index is 2630. The molecular formula is C59H70Cl2N2O10. The van der Waals surface area contributed by atoms with Crippen molar-refractivity contribution in [2.75, 3.05) is 0 Å². The number of fused-ring (bicyclic) bond motifs is 5. The molecule has 4 fully saturated rings. The summed E-state index contributed by atoms with van der Waals surface area (Å²) in [7, 11) is 0. The molecule has 4 aromatic carbocycles. The summed E-state index contributed by atoms with van der Waals surface area (Å²) in [5.74, 6) is 3.03. The van der Waals surface area contributed by atoms with Crippen LogP contribution < -0.4 is 9.47 Å². The van der Waals surface area contributed by atoms with E-state index in [9.17, 15) is 40.0 Å². The van der Waals surface area contributed by atoms with E-state index < -0.39 is 21.8 Å². The summed E-state index contributed by atoms with van der Waals surface area (Å²) >= 11 is 13.8. The first kappa shape index (κ1) is 53.8. The highest BCUT2D eigenvalue weighted by atomic mass is 35.5. The van der Waals surface area contributed by atoms with Gasteiger partial charge < -0.3 is 19.7 Å². The van der Waals surface area contributed by atoms with Gasteiger partial charge in [-0.25, -0.2) is 9.59 Å². The van der Waals surface area contributed by atoms with Gasteiger partial charge in [0.15, 0.2) is 11.5 Å². The molecule has 9 atom stereocenters. The van der Waals surface area contributed by atoms with Crippen LogP contribution in [0.1, 0.15) is 167 Å². The number of aromatic carboxylic acids is 2. The van der Waals surface area contributed by atoms with Crippen LogP contribution in [0, 0.1) is 78.4 Å². The lowest BCUT2D eigenvalue weighted by Crippen LogP contribution is -2.53. The molecule has 4 aliphatic carbocycles. The molecule has 2 N–H and O–H groups in total. The van der Waals surface area contributed by atoms with Crippen molar-refractivity contribution in [3.63, 3.8) is 0 Å². The predicted molar refractivity (Wildman–Crippen MR) is 285 cm³/mol. The van der Waals surface area contributed by atoms with Crippen molar-refractivity contribution in [1.82, 2.24) is 0 Å². The number of rotatable bonds is 20. The number of hydrogen-bond acceptors (Lipinski definition) is 8. The summed E-state index contributed by atoms with van der Waals surface area (Å²) in [5.41, 5.74) is 2.16. The summed E-state index contributed by atoms with van der Waals surface area (Å²) in [6, 6.07) is 17.7. The van der Waals surface area contributed by atoms with E-state index in [2.05, 4.69) is 34.6 Å². The summed E-state index contributed by atoms with van der Waals surface area (Å²) < 4.78 is 11.9. The molecule has 0 bridgehead atoms. The third-order valence-electron chi connectivity index (χ3n) is 18.1. The molecule has 0 saturated heterocycles. The maximum absolute atomic E-state index is 12.9. The minimum atomic E-state index is -1.33. The molecule has 4 aliphatic rings. The highest BCUT2D eigenvalue weighted by Gasteiger charge is 2.60. The second-order valence-corrected chi connectivity index (χ2v) is 23.5. The third kappa shape index (κ3) is 11.6. The average Bonchev–Trinajstić information content (AvgIpc) is 3.71. The fraction of sp³-hybridized carbons (Fsp3) is 0.525. The number of nitro benzene ring substituents is 2. The molecule has 4 aromatic rings. The first-order valence-electron chi connectivity index (χ1n) is 26.3. The second-order valence-electron chi connectivity index (χ2n) is 22.7. The van der Waals surface area contributed by atoms with E-state index in [1.54, 1.807) is 24.3 Å². The lowest BCUT2D eigenvalue weighted by molar-refractivity contribution is -0.385. The van der Waals surface area contributed by atoms with Crippen LogP contribution in [0.3, 0.4) is 0 Å². The highest BCUT2D eigenvalue weighted by molar-refractivity contribution is 6.33. The van der Waals surface area contributed by atoms with Gasteiger partial charge in [-0.05, 0) is 181 Å². The summed E-state index contributed by atoms with van der Waals surface area (Å²) in [4.78, 5) is 47.7. The lowest BCUT2D eigenvalue weighted by Gasteiger charge is -2.61. The molecular weight excluding hydrogens is 968 g/mol. The largest absolute Gasteiger partial charge is 0.486 e. The number of halogens is 2. The van der Waals surface area contributed by atoms with Gasteiger partial charge in [0, 0.05) is 24.3 Å². The molecule has 1 unspecified atom stereocenters. The Balaban J connectivity index is 1.04. The summed E-state index contributed by atoms with van der Waals surface area (Å²) in [6.07, 6.45) is 19.1. The fourth-order valence-corrected chi connectivity index (χ4v) is 15.0. The standard InChI is InChI=1S/C59H70Cl2N2O10/c1-35(2)10-6-11-36(3)49-20-21-50-46-19-18-42-26-37(22-24-58(42,4)51(46)23-25-59(49,50)5)12-9-17-45(40-29-47(56(64)65)54(52(60)31-40)72-33-38-13-7-15-43(27-38)62(68)69)41-30-48(57(66)67)55(53(61)32-41)73-34-39-14-8-16-44(28-39)63(70)71/h7-8,13-17,27-32,35-37,42,46,49-51H,6,9-12,18-26,33-34H2,1-5H3,(H,64,65)(H,66,67)/t36-,37+,42?,46+,49-,50+,51+,58+,59-/m1/s1. The number of nitrogens with zero attached hydrogens (tertiary/aromatic N) is 2. The molecule has 0 aromatic heterocycles. The van der Waals surface area contributed by atoms with E-state index in [0.29, 0.717) is 56.9 Å². The Morgan fingerprint density at radius 3 is 1.81 bits per heavy atom. The van der Waals surface area contributed by atoms with Crippen molar-refractivity contribution in [2.45, 2.75) is 138 Å². The zero-order chi connectivity index (χ0) is 52.4. The van der Waals surface area contributed by atoms with Gasteiger partial charge in [-0.2, -0.15) is 0 Å². The number of allylic oxidation sites excluding steroid dienone is 1. The highest BCUT2D eigenvalue weighted by Crippen LogP contribution is 2.69. The van der Waals surface area contributed by atoms with Crippen LogP contribution in [0.2, 0.25) is 10.0 Å². The van der Waals surface area contributed by atoms with Gasteiger partial charge in [0.05, 0.1) is 19.9 Å². The summed E-state index contributed by atoms with van der Waals surface area (Å²) in [5, 5.41) is 43.9. The van der Waals surface area contributed by atoms with E-state index in [4.69, 9.17) is 32.7 Å². The molecule has 0 aliphatic heterocycles. The van der Waals surface area contributed by atoms with Gasteiger partial charge in [0.25, 0.3) is 11.4 Å². The molecule has 8 rings (SSSR count). The van der Waals surface area contributed by atoms with Gasteiger partial charge in [0.2, 0.25) is 0 Å².